The van der Waals surface area contributed by atoms with Crippen LogP contribution in [0.3, 0.4) is 0 Å². The van der Waals surface area contributed by atoms with Crippen LogP contribution >= 0.6 is 11.6 Å². The molecule has 0 radical (unpaired) electrons. The van der Waals surface area contributed by atoms with Crippen molar-refractivity contribution in [2.24, 2.45) is 0 Å². The molecular formula is C11H9ClN2O6. The highest BCUT2D eigenvalue weighted by Gasteiger charge is 2.28. The van der Waals surface area contributed by atoms with E-state index in [2.05, 4.69) is 4.74 Å². The predicted molar refractivity (Wildman–Crippen MR) is 66.7 cm³/mol. The number of hydrogen-bond acceptors (Lipinski definition) is 6. The number of hydrogen-bond donors (Lipinski definition) is 0. The summed E-state index contributed by atoms with van der Waals surface area (Å²) in [5, 5.41) is 10.5. The molecule has 0 aromatic heterocycles. The minimum atomic E-state index is -0.714. The molecule has 1 aliphatic rings. The zero-order valence-electron chi connectivity index (χ0n) is 10.1. The molecule has 0 saturated carbocycles. The molecule has 0 spiro atoms. The van der Waals surface area contributed by atoms with E-state index in [0.717, 1.165) is 11.0 Å². The lowest BCUT2D eigenvalue weighted by Crippen LogP contribution is -2.35. The SMILES string of the molecule is O=C(COc1ccc([N+](=O)[O-])cc1Cl)N1CCOC1=O. The fraction of sp³-hybridized carbons (Fsp3) is 0.273. The first kappa shape index (κ1) is 14.1. The Morgan fingerprint density at radius 2 is 2.30 bits per heavy atom. The van der Waals surface area contributed by atoms with Gasteiger partial charge in [0.15, 0.2) is 6.61 Å². The summed E-state index contributed by atoms with van der Waals surface area (Å²) in [7, 11) is 0. The van der Waals surface area contributed by atoms with E-state index in [-0.39, 0.29) is 29.6 Å². The van der Waals surface area contributed by atoms with Crippen molar-refractivity contribution in [1.82, 2.24) is 4.90 Å². The maximum atomic E-state index is 11.7. The monoisotopic (exact) mass is 300 g/mol. The van der Waals surface area contributed by atoms with E-state index >= 15 is 0 Å². The zero-order valence-corrected chi connectivity index (χ0v) is 10.8. The molecule has 20 heavy (non-hydrogen) atoms. The van der Waals surface area contributed by atoms with Crippen LogP contribution in [-0.2, 0) is 9.53 Å². The van der Waals surface area contributed by atoms with Crippen molar-refractivity contribution in [2.45, 2.75) is 0 Å². The average Bonchev–Trinajstić information content (AvgIpc) is 2.83. The van der Waals surface area contributed by atoms with Gasteiger partial charge >= 0.3 is 6.09 Å². The fourth-order valence-electron chi connectivity index (χ4n) is 1.56. The fourth-order valence-corrected chi connectivity index (χ4v) is 1.79. The minimum Gasteiger partial charge on any atom is -0.482 e. The molecule has 0 unspecified atom stereocenters. The van der Waals surface area contributed by atoms with Gasteiger partial charge in [0.05, 0.1) is 16.5 Å². The lowest BCUT2D eigenvalue weighted by Gasteiger charge is -2.12. The van der Waals surface area contributed by atoms with Gasteiger partial charge in [-0.25, -0.2) is 9.69 Å². The van der Waals surface area contributed by atoms with E-state index in [4.69, 9.17) is 16.3 Å². The number of carbonyl (C=O) groups excluding carboxylic acids is 2. The Bertz CT molecular complexity index is 576. The molecule has 2 amide bonds. The third-order valence-electron chi connectivity index (χ3n) is 2.54. The molecule has 0 bridgehead atoms. The van der Waals surface area contributed by atoms with Crippen molar-refractivity contribution in [3.05, 3.63) is 33.3 Å². The van der Waals surface area contributed by atoms with E-state index in [1.807, 2.05) is 0 Å². The van der Waals surface area contributed by atoms with Gasteiger partial charge in [-0.05, 0) is 6.07 Å². The molecule has 0 atom stereocenters. The minimum absolute atomic E-state index is 0.0102. The van der Waals surface area contributed by atoms with Gasteiger partial charge in [-0.2, -0.15) is 0 Å². The summed E-state index contributed by atoms with van der Waals surface area (Å²) >= 11 is 5.80. The number of nitrogens with zero attached hydrogens (tertiary/aromatic N) is 2. The van der Waals surface area contributed by atoms with E-state index in [1.54, 1.807) is 0 Å². The van der Waals surface area contributed by atoms with Gasteiger partial charge in [0.25, 0.3) is 11.6 Å². The summed E-state index contributed by atoms with van der Waals surface area (Å²) in [6, 6.07) is 3.61. The van der Waals surface area contributed by atoms with Crippen molar-refractivity contribution in [2.75, 3.05) is 19.8 Å². The van der Waals surface area contributed by atoms with Crippen molar-refractivity contribution in [1.29, 1.82) is 0 Å². The highest BCUT2D eigenvalue weighted by molar-refractivity contribution is 6.32. The Hall–Kier alpha value is -2.35. The van der Waals surface area contributed by atoms with Crippen LogP contribution in [-0.4, -0.2) is 41.6 Å². The first-order valence-electron chi connectivity index (χ1n) is 5.53. The van der Waals surface area contributed by atoms with Gasteiger partial charge < -0.3 is 9.47 Å². The number of nitro groups is 1. The molecule has 1 saturated heterocycles. The lowest BCUT2D eigenvalue weighted by atomic mass is 10.3. The van der Waals surface area contributed by atoms with Gasteiger partial charge in [0.1, 0.15) is 12.4 Å². The van der Waals surface area contributed by atoms with Gasteiger partial charge in [-0.3, -0.25) is 14.9 Å². The Labute approximate surface area is 118 Å². The molecule has 1 heterocycles. The zero-order chi connectivity index (χ0) is 14.7. The number of amides is 2. The number of nitro benzene ring substituents is 1. The van der Waals surface area contributed by atoms with Crippen molar-refractivity contribution >= 4 is 29.3 Å². The summed E-state index contributed by atoms with van der Waals surface area (Å²) in [6.07, 6.45) is -0.714. The second kappa shape index (κ2) is 5.74. The number of ether oxygens (including phenoxy) is 2. The average molecular weight is 301 g/mol. The summed E-state index contributed by atoms with van der Waals surface area (Å²) in [5.41, 5.74) is -0.184. The number of imide groups is 1. The molecule has 106 valence electrons. The van der Waals surface area contributed by atoms with Crippen LogP contribution in [0.2, 0.25) is 5.02 Å². The molecular weight excluding hydrogens is 292 g/mol. The summed E-state index contributed by atoms with van der Waals surface area (Å²) in [6.45, 7) is -0.0789. The van der Waals surface area contributed by atoms with Crippen molar-refractivity contribution < 1.29 is 24.0 Å². The van der Waals surface area contributed by atoms with Gasteiger partial charge in [-0.1, -0.05) is 11.6 Å². The van der Waals surface area contributed by atoms with Crippen LogP contribution in [0.5, 0.6) is 5.75 Å². The number of carbonyl (C=O) groups is 2. The molecule has 2 rings (SSSR count). The molecule has 1 aromatic rings. The summed E-state index contributed by atoms with van der Waals surface area (Å²) < 4.78 is 9.75. The molecule has 9 heteroatoms. The van der Waals surface area contributed by atoms with Crippen LogP contribution < -0.4 is 4.74 Å². The number of cyclic esters (lactones) is 1. The normalized spacial score (nSPS) is 14.1. The first-order chi connectivity index (χ1) is 9.49. The largest absolute Gasteiger partial charge is 0.482 e. The number of halogens is 1. The van der Waals surface area contributed by atoms with E-state index < -0.39 is 23.5 Å². The summed E-state index contributed by atoms with van der Waals surface area (Å²) in [4.78, 5) is 33.7. The molecule has 1 aromatic carbocycles. The third-order valence-corrected chi connectivity index (χ3v) is 2.83. The molecule has 0 aliphatic carbocycles. The third kappa shape index (κ3) is 2.97. The topological polar surface area (TPSA) is 99.0 Å². The Kier molecular flexibility index (Phi) is 4.04. The lowest BCUT2D eigenvalue weighted by molar-refractivity contribution is -0.384. The van der Waals surface area contributed by atoms with E-state index in [9.17, 15) is 19.7 Å². The number of rotatable bonds is 4. The van der Waals surface area contributed by atoms with E-state index in [1.165, 1.54) is 12.1 Å². The predicted octanol–water partition coefficient (Wildman–Crippen LogP) is 1.61. The standard InChI is InChI=1S/C11H9ClN2O6/c12-8-5-7(14(17)18)1-2-9(8)20-6-10(15)13-3-4-19-11(13)16/h1-2,5H,3-4,6H2. The Morgan fingerprint density at radius 1 is 1.55 bits per heavy atom. The van der Waals surface area contributed by atoms with Crippen LogP contribution in [0.15, 0.2) is 18.2 Å². The maximum absolute atomic E-state index is 11.7. The van der Waals surface area contributed by atoms with Gasteiger partial charge in [0, 0.05) is 12.1 Å². The van der Waals surface area contributed by atoms with Crippen LogP contribution in [0.25, 0.3) is 0 Å². The van der Waals surface area contributed by atoms with E-state index in [0.29, 0.717) is 0 Å². The molecule has 1 aliphatic heterocycles. The number of non-ortho nitro benzene ring substituents is 1. The van der Waals surface area contributed by atoms with Crippen LogP contribution in [0, 0.1) is 10.1 Å². The van der Waals surface area contributed by atoms with Gasteiger partial charge in [-0.15, -0.1) is 0 Å². The second-order valence-corrected chi connectivity index (χ2v) is 4.23. The maximum Gasteiger partial charge on any atom is 0.416 e. The highest BCUT2D eigenvalue weighted by atomic mass is 35.5. The van der Waals surface area contributed by atoms with Crippen molar-refractivity contribution in [3.63, 3.8) is 0 Å². The second-order valence-electron chi connectivity index (χ2n) is 3.82. The first-order valence-corrected chi connectivity index (χ1v) is 5.90. The molecule has 1 fully saturated rings. The van der Waals surface area contributed by atoms with Gasteiger partial charge in [0.2, 0.25) is 0 Å². The molecule has 0 N–H and O–H groups in total. The summed E-state index contributed by atoms with van der Waals surface area (Å²) in [5.74, 6) is -0.444. The number of benzene rings is 1. The van der Waals surface area contributed by atoms with Crippen molar-refractivity contribution in [3.8, 4) is 5.75 Å². The quantitative estimate of drug-likeness (QED) is 0.618. The molecule has 8 nitrogen and oxygen atoms in total. The van der Waals surface area contributed by atoms with Crippen LogP contribution in [0.1, 0.15) is 0 Å². The smallest absolute Gasteiger partial charge is 0.416 e. The Balaban J connectivity index is 1.99. The van der Waals surface area contributed by atoms with Crippen LogP contribution in [0.4, 0.5) is 10.5 Å². The Morgan fingerprint density at radius 3 is 2.85 bits per heavy atom. The highest BCUT2D eigenvalue weighted by Crippen LogP contribution is 2.28.